The van der Waals surface area contributed by atoms with Crippen molar-refractivity contribution in [3.05, 3.63) is 76.3 Å². The number of anilines is 4. The minimum absolute atomic E-state index is 0.0637. The van der Waals surface area contributed by atoms with E-state index in [-0.39, 0.29) is 5.02 Å². The third-order valence-electron chi connectivity index (χ3n) is 4.61. The Morgan fingerprint density at radius 2 is 1.71 bits per heavy atom. The summed E-state index contributed by atoms with van der Waals surface area (Å²) in [4.78, 5) is 22.3. The Kier molecular flexibility index (Phi) is 6.99. The van der Waals surface area contributed by atoms with E-state index in [2.05, 4.69) is 36.1 Å². The van der Waals surface area contributed by atoms with Crippen LogP contribution in [0.4, 0.5) is 32.2 Å². The van der Waals surface area contributed by atoms with Gasteiger partial charge < -0.3 is 16.0 Å². The number of carbonyl (C=O) groups is 1. The molecule has 4 N–H and O–H groups in total. The van der Waals surface area contributed by atoms with Crippen LogP contribution in [-0.4, -0.2) is 26.2 Å². The normalized spacial score (nSPS) is 10.7. The van der Waals surface area contributed by atoms with Gasteiger partial charge in [0.1, 0.15) is 11.6 Å². The van der Waals surface area contributed by atoms with Gasteiger partial charge in [0, 0.05) is 39.8 Å². The second kappa shape index (κ2) is 10.1. The van der Waals surface area contributed by atoms with Crippen LogP contribution in [0.5, 0.6) is 0 Å². The maximum atomic E-state index is 13.3. The minimum atomic E-state index is -0.548. The number of hydrogen-bond donors (Lipinski definition) is 4. The number of halogens is 2. The average molecular weight is 498 g/mol. The summed E-state index contributed by atoms with van der Waals surface area (Å²) in [7, 11) is 0. The van der Waals surface area contributed by atoms with Gasteiger partial charge in [-0.2, -0.15) is 5.10 Å². The Labute approximate surface area is 204 Å². The van der Waals surface area contributed by atoms with Crippen molar-refractivity contribution in [3.8, 4) is 0 Å². The van der Waals surface area contributed by atoms with Gasteiger partial charge in [-0.1, -0.05) is 11.6 Å². The van der Waals surface area contributed by atoms with E-state index < -0.39 is 11.8 Å². The molecule has 0 aliphatic carbocycles. The molecule has 0 bridgehead atoms. The van der Waals surface area contributed by atoms with E-state index in [1.54, 1.807) is 6.07 Å². The molecule has 0 saturated heterocycles. The van der Waals surface area contributed by atoms with Crippen molar-refractivity contribution in [1.29, 1.82) is 0 Å². The Morgan fingerprint density at radius 3 is 2.38 bits per heavy atom. The SMILES string of the molecule is Cc1cc(Nc2cc(C)[nH]n2)nc(Sc2ccc(NC(=O)Nc3ccc(F)c(Cl)c3)cc2C)n1. The van der Waals surface area contributed by atoms with E-state index in [4.69, 9.17) is 11.6 Å². The number of aromatic amines is 1. The molecule has 8 nitrogen and oxygen atoms in total. The number of nitrogens with one attached hydrogen (secondary N) is 4. The first-order chi connectivity index (χ1) is 16.2. The monoisotopic (exact) mass is 497 g/mol. The van der Waals surface area contributed by atoms with Gasteiger partial charge in [-0.3, -0.25) is 5.10 Å². The molecule has 0 fully saturated rings. The first-order valence-corrected chi connectivity index (χ1v) is 11.4. The van der Waals surface area contributed by atoms with E-state index in [0.717, 1.165) is 21.8 Å². The van der Waals surface area contributed by atoms with Gasteiger partial charge in [-0.25, -0.2) is 19.2 Å². The average Bonchev–Trinajstić information content (AvgIpc) is 3.17. The number of rotatable bonds is 6. The lowest BCUT2D eigenvalue weighted by molar-refractivity contribution is 0.262. The molecule has 4 rings (SSSR count). The Morgan fingerprint density at radius 1 is 0.971 bits per heavy atom. The van der Waals surface area contributed by atoms with Crippen LogP contribution in [0.15, 0.2) is 58.6 Å². The van der Waals surface area contributed by atoms with Gasteiger partial charge >= 0.3 is 6.03 Å². The van der Waals surface area contributed by atoms with E-state index in [1.165, 1.54) is 30.0 Å². The second-order valence-electron chi connectivity index (χ2n) is 7.53. The van der Waals surface area contributed by atoms with Crippen molar-refractivity contribution in [2.75, 3.05) is 16.0 Å². The third kappa shape index (κ3) is 6.03. The molecular weight excluding hydrogens is 477 g/mol. The number of aryl methyl sites for hydroxylation is 3. The molecule has 2 aromatic heterocycles. The highest BCUT2D eigenvalue weighted by Gasteiger charge is 2.10. The Bertz CT molecular complexity index is 1360. The van der Waals surface area contributed by atoms with Crippen molar-refractivity contribution < 1.29 is 9.18 Å². The van der Waals surface area contributed by atoms with Crippen LogP contribution in [0.3, 0.4) is 0 Å². The first-order valence-electron chi connectivity index (χ1n) is 10.2. The fourth-order valence-corrected chi connectivity index (χ4v) is 4.14. The highest BCUT2D eigenvalue weighted by atomic mass is 35.5. The molecule has 0 saturated carbocycles. The molecule has 0 unspecified atom stereocenters. The molecule has 2 aromatic carbocycles. The first kappa shape index (κ1) is 23.5. The van der Waals surface area contributed by atoms with Gasteiger partial charge in [0.2, 0.25) is 0 Å². The zero-order chi connectivity index (χ0) is 24.2. The lowest BCUT2D eigenvalue weighted by Gasteiger charge is -2.11. The maximum Gasteiger partial charge on any atom is 0.323 e. The van der Waals surface area contributed by atoms with Gasteiger partial charge in [0.05, 0.1) is 5.02 Å². The summed E-state index contributed by atoms with van der Waals surface area (Å²) in [6.45, 7) is 5.76. The molecule has 0 aliphatic rings. The fourth-order valence-electron chi connectivity index (χ4n) is 3.07. The summed E-state index contributed by atoms with van der Waals surface area (Å²) in [6, 6.07) is 12.8. The van der Waals surface area contributed by atoms with Gasteiger partial charge in [0.25, 0.3) is 0 Å². The number of benzene rings is 2. The standard InChI is InChI=1S/C23H21ClFN7OS/c1-12-8-15(27-22(33)28-16-4-6-18(25)17(24)11-16)5-7-19(12)34-23-26-13(2)9-20(30-23)29-21-10-14(3)31-32-21/h4-11H,1-3H3,(H2,27,28,33)(H2,26,29,30,31,32). The summed E-state index contributed by atoms with van der Waals surface area (Å²) >= 11 is 7.18. The highest BCUT2D eigenvalue weighted by molar-refractivity contribution is 7.99. The second-order valence-corrected chi connectivity index (χ2v) is 8.94. The van der Waals surface area contributed by atoms with Crippen molar-refractivity contribution in [1.82, 2.24) is 20.2 Å². The Balaban J connectivity index is 1.43. The molecule has 11 heteroatoms. The topological polar surface area (TPSA) is 108 Å². The smallest absolute Gasteiger partial charge is 0.323 e. The molecule has 2 amide bonds. The summed E-state index contributed by atoms with van der Waals surface area (Å²) < 4.78 is 13.3. The van der Waals surface area contributed by atoms with Gasteiger partial charge in [-0.15, -0.1) is 0 Å². The van der Waals surface area contributed by atoms with Crippen LogP contribution in [-0.2, 0) is 0 Å². The third-order valence-corrected chi connectivity index (χ3v) is 5.94. The van der Waals surface area contributed by atoms with Crippen LogP contribution in [0.1, 0.15) is 17.0 Å². The van der Waals surface area contributed by atoms with Crippen molar-refractivity contribution in [2.24, 2.45) is 0 Å². The molecule has 4 aromatic rings. The van der Waals surface area contributed by atoms with Crippen LogP contribution in [0.2, 0.25) is 5.02 Å². The number of H-pyrrole nitrogens is 1. The number of hydrogen-bond acceptors (Lipinski definition) is 6. The van der Waals surface area contributed by atoms with Crippen molar-refractivity contribution in [2.45, 2.75) is 30.8 Å². The highest BCUT2D eigenvalue weighted by Crippen LogP contribution is 2.31. The number of urea groups is 1. The van der Waals surface area contributed by atoms with E-state index in [0.29, 0.717) is 28.2 Å². The lowest BCUT2D eigenvalue weighted by Crippen LogP contribution is -2.19. The summed E-state index contributed by atoms with van der Waals surface area (Å²) in [5.41, 5.74) is 3.70. The number of aromatic nitrogens is 4. The van der Waals surface area contributed by atoms with Crippen LogP contribution < -0.4 is 16.0 Å². The quantitative estimate of drug-likeness (QED) is 0.228. The molecule has 0 radical (unpaired) electrons. The number of carbonyl (C=O) groups excluding carboxylic acids is 1. The predicted molar refractivity (Wildman–Crippen MR) is 133 cm³/mol. The zero-order valence-corrected chi connectivity index (χ0v) is 20.1. The minimum Gasteiger partial charge on any atom is -0.323 e. The molecule has 2 heterocycles. The number of nitrogens with zero attached hydrogens (tertiary/aromatic N) is 3. The molecule has 0 atom stereocenters. The van der Waals surface area contributed by atoms with Gasteiger partial charge in [0.15, 0.2) is 11.0 Å². The van der Waals surface area contributed by atoms with E-state index in [9.17, 15) is 9.18 Å². The zero-order valence-electron chi connectivity index (χ0n) is 18.5. The summed E-state index contributed by atoms with van der Waals surface area (Å²) in [5, 5.41) is 16.1. The summed E-state index contributed by atoms with van der Waals surface area (Å²) in [5.74, 6) is 0.780. The summed E-state index contributed by atoms with van der Waals surface area (Å²) in [6.07, 6.45) is 0. The molecular formula is C23H21ClFN7OS. The predicted octanol–water partition coefficient (Wildman–Crippen LogP) is 6.46. The maximum absolute atomic E-state index is 13.3. The van der Waals surface area contributed by atoms with Gasteiger partial charge in [-0.05, 0) is 74.5 Å². The fraction of sp³-hybridized carbons (Fsp3) is 0.130. The van der Waals surface area contributed by atoms with Crippen LogP contribution in [0.25, 0.3) is 0 Å². The molecule has 0 spiro atoms. The Hall–Kier alpha value is -3.63. The van der Waals surface area contributed by atoms with Crippen molar-refractivity contribution in [3.63, 3.8) is 0 Å². The molecule has 174 valence electrons. The molecule has 34 heavy (non-hydrogen) atoms. The lowest BCUT2D eigenvalue weighted by atomic mass is 10.2. The van der Waals surface area contributed by atoms with Crippen molar-refractivity contribution >= 4 is 52.4 Å². The number of amides is 2. The van der Waals surface area contributed by atoms with E-state index in [1.807, 2.05) is 45.0 Å². The largest absolute Gasteiger partial charge is 0.323 e. The van der Waals surface area contributed by atoms with E-state index >= 15 is 0 Å². The van der Waals surface area contributed by atoms with Crippen LogP contribution in [0, 0.1) is 26.6 Å². The molecule has 0 aliphatic heterocycles. The van der Waals surface area contributed by atoms with Crippen LogP contribution >= 0.6 is 23.4 Å².